The molecule has 1 amide bonds. The third-order valence-corrected chi connectivity index (χ3v) is 1.32. The molecule has 58 valence electrons. The van der Waals surface area contributed by atoms with E-state index in [-0.39, 0.29) is 16.7 Å². The largest absolute Gasteiger partial charge is 0.382 e. The predicted octanol–water partition coefficient (Wildman–Crippen LogP) is 0.280. The zero-order chi connectivity index (χ0) is 8.27. The Morgan fingerprint density at radius 2 is 2.36 bits per heavy atom. The number of rotatable bonds is 2. The Balaban J connectivity index is 3.09. The van der Waals surface area contributed by atoms with E-state index < -0.39 is 0 Å². The van der Waals surface area contributed by atoms with E-state index >= 15 is 0 Å². The first-order valence-electron chi connectivity index (χ1n) is 2.72. The Morgan fingerprint density at radius 1 is 1.64 bits per heavy atom. The highest BCUT2D eigenvalue weighted by Gasteiger charge is 2.04. The zero-order valence-corrected chi connectivity index (χ0v) is 6.17. The van der Waals surface area contributed by atoms with Crippen LogP contribution in [0.4, 0.5) is 11.5 Å². The van der Waals surface area contributed by atoms with Crippen molar-refractivity contribution in [3.8, 4) is 0 Å². The molecule has 6 heteroatoms. The Bertz CT molecular complexity index is 257. The molecule has 0 aliphatic heterocycles. The van der Waals surface area contributed by atoms with Crippen molar-refractivity contribution in [1.29, 1.82) is 0 Å². The maximum atomic E-state index is 10.00. The van der Waals surface area contributed by atoms with Gasteiger partial charge in [0, 0.05) is 0 Å². The van der Waals surface area contributed by atoms with Crippen LogP contribution < -0.4 is 11.1 Å². The summed E-state index contributed by atoms with van der Waals surface area (Å²) in [5.74, 6) is 0.150. The summed E-state index contributed by atoms with van der Waals surface area (Å²) < 4.78 is 0. The molecule has 1 aromatic heterocycles. The number of nitrogens with one attached hydrogen (secondary N) is 1. The van der Waals surface area contributed by atoms with Gasteiger partial charge in [0.25, 0.3) is 0 Å². The minimum Gasteiger partial charge on any atom is -0.382 e. The summed E-state index contributed by atoms with van der Waals surface area (Å²) in [5, 5.41) is 2.41. The number of nitrogens with zero attached hydrogens (tertiary/aromatic N) is 2. The Kier molecular flexibility index (Phi) is 2.22. The average molecular weight is 175 g/mol. The molecule has 0 aliphatic rings. The van der Waals surface area contributed by atoms with Gasteiger partial charge in [-0.3, -0.25) is 4.79 Å². The topological polar surface area (TPSA) is 80.9 Å². The fraction of sp³-hybridized carbons (Fsp3) is 0. The quantitative estimate of drug-likeness (QED) is 0.292. The maximum absolute atomic E-state index is 10.00. The van der Waals surface area contributed by atoms with Gasteiger partial charge in [-0.2, -0.15) is 0 Å². The fourth-order valence-electron chi connectivity index (χ4n) is 0.569. The molecular formula is C5H5ClN4O. The predicted molar refractivity (Wildman–Crippen MR) is 41.1 cm³/mol. The third-order valence-electron chi connectivity index (χ3n) is 1.03. The first kappa shape index (κ1) is 7.74. The van der Waals surface area contributed by atoms with Gasteiger partial charge in [0.2, 0.25) is 6.41 Å². The Morgan fingerprint density at radius 3 is 2.91 bits per heavy atom. The van der Waals surface area contributed by atoms with Crippen molar-refractivity contribution in [3.05, 3.63) is 11.5 Å². The number of halogens is 1. The van der Waals surface area contributed by atoms with Crippen molar-refractivity contribution < 1.29 is 4.79 Å². The monoisotopic (exact) mass is 174 g/mol. The number of hydrogen-bond acceptors (Lipinski definition) is 4. The van der Waals surface area contributed by atoms with Crippen LogP contribution in [0.2, 0.25) is 5.15 Å². The second kappa shape index (κ2) is 3.16. The second-order valence-electron chi connectivity index (χ2n) is 1.69. The Hall–Kier alpha value is -1.36. The van der Waals surface area contributed by atoms with E-state index in [1.54, 1.807) is 0 Å². The van der Waals surface area contributed by atoms with Gasteiger partial charge >= 0.3 is 0 Å². The lowest BCUT2D eigenvalue weighted by Crippen LogP contribution is -2.02. The van der Waals surface area contributed by atoms with E-state index in [1.165, 1.54) is 6.33 Å². The molecule has 0 fully saturated rings. The summed E-state index contributed by atoms with van der Waals surface area (Å²) >= 11 is 5.56. The number of carbonyl (C=O) groups is 1. The molecule has 0 radical (unpaired) electrons. The van der Waals surface area contributed by atoms with Gasteiger partial charge in [-0.25, -0.2) is 9.97 Å². The molecule has 11 heavy (non-hydrogen) atoms. The SMILES string of the molecule is [15NH2]c1ncnc(Cl)c1N[13CH]=O. The summed E-state index contributed by atoms with van der Waals surface area (Å²) in [5.41, 5.74) is 5.59. The molecule has 1 heterocycles. The van der Waals surface area contributed by atoms with E-state index in [2.05, 4.69) is 15.3 Å². The molecule has 0 bridgehead atoms. The van der Waals surface area contributed by atoms with Crippen LogP contribution in [0, 0.1) is 0 Å². The second-order valence-corrected chi connectivity index (χ2v) is 2.04. The molecule has 1 aromatic rings. The molecule has 0 atom stereocenters. The molecule has 0 unspecified atom stereocenters. The van der Waals surface area contributed by atoms with Crippen LogP contribution in [0.3, 0.4) is 0 Å². The minimum absolute atomic E-state index is 0.129. The van der Waals surface area contributed by atoms with Crippen LogP contribution in [0.15, 0.2) is 6.33 Å². The van der Waals surface area contributed by atoms with Crippen LogP contribution in [0.25, 0.3) is 0 Å². The van der Waals surface area contributed by atoms with Crippen molar-refractivity contribution in [2.75, 3.05) is 11.1 Å². The first-order valence-corrected chi connectivity index (χ1v) is 3.09. The number of hydrogen-bond donors (Lipinski definition) is 2. The van der Waals surface area contributed by atoms with Crippen molar-refractivity contribution in [2.24, 2.45) is 0 Å². The van der Waals surface area contributed by atoms with Crippen LogP contribution >= 0.6 is 11.6 Å². The molecule has 0 saturated carbocycles. The normalized spacial score (nSPS) is 9.18. The molecule has 0 saturated heterocycles. The van der Waals surface area contributed by atoms with E-state index in [0.717, 1.165) is 0 Å². The van der Waals surface area contributed by atoms with Crippen LogP contribution in [-0.4, -0.2) is 16.4 Å². The molecule has 3 N–H and O–H groups in total. The number of aromatic nitrogens is 2. The van der Waals surface area contributed by atoms with Gasteiger partial charge in [-0.15, -0.1) is 0 Å². The van der Waals surface area contributed by atoms with Crippen molar-refractivity contribution >= 4 is 29.5 Å². The summed E-state index contributed by atoms with van der Waals surface area (Å²) in [6.07, 6.45) is 1.68. The summed E-state index contributed by atoms with van der Waals surface area (Å²) in [7, 11) is 0. The van der Waals surface area contributed by atoms with Gasteiger partial charge in [-0.1, -0.05) is 11.6 Å². The van der Waals surface area contributed by atoms with Gasteiger partial charge < -0.3 is 11.1 Å². The van der Waals surface area contributed by atoms with Crippen LogP contribution in [-0.2, 0) is 4.79 Å². The zero-order valence-electron chi connectivity index (χ0n) is 5.41. The highest BCUT2D eigenvalue weighted by atomic mass is 35.5. The van der Waals surface area contributed by atoms with E-state index in [0.29, 0.717) is 6.41 Å². The average Bonchev–Trinajstić information content (AvgIpc) is 1.97. The summed E-state index contributed by atoms with van der Waals surface area (Å²) in [6, 6.07) is 0. The lowest BCUT2D eigenvalue weighted by atomic mass is 10.5. The lowest BCUT2D eigenvalue weighted by Gasteiger charge is -2.01. The van der Waals surface area contributed by atoms with E-state index in [1.807, 2.05) is 0 Å². The van der Waals surface area contributed by atoms with E-state index in [9.17, 15) is 4.79 Å². The molecule has 0 spiro atoms. The molecule has 0 aliphatic carbocycles. The van der Waals surface area contributed by atoms with Gasteiger partial charge in [0.05, 0.1) is 0 Å². The number of nitrogens with two attached hydrogens (primary N) is 1. The van der Waals surface area contributed by atoms with Gasteiger partial charge in [-0.05, 0) is 0 Å². The number of amides is 1. The standard InChI is InChI=1S/C5H5ClN4O/c6-4-3(10-2-11)5(7)9-1-8-4/h1-2H,(H,10,11)(H2,7,8,9)/i2+1,7+1. The molecule has 0 aromatic carbocycles. The number of nitrogen functional groups attached to an aromatic ring is 1. The maximum Gasteiger partial charge on any atom is 0.211 e. The highest BCUT2D eigenvalue weighted by molar-refractivity contribution is 6.32. The van der Waals surface area contributed by atoms with Gasteiger partial charge in [0.15, 0.2) is 11.0 Å². The molecular weight excluding hydrogens is 170 g/mol. The first-order chi connectivity index (χ1) is 5.25. The fourth-order valence-corrected chi connectivity index (χ4v) is 0.764. The van der Waals surface area contributed by atoms with Crippen molar-refractivity contribution in [3.63, 3.8) is 0 Å². The van der Waals surface area contributed by atoms with Crippen LogP contribution in [0.5, 0.6) is 0 Å². The van der Waals surface area contributed by atoms with Crippen molar-refractivity contribution in [2.45, 2.75) is 0 Å². The minimum atomic E-state index is 0.129. The smallest absolute Gasteiger partial charge is 0.211 e. The Labute approximate surface area is 67.6 Å². The molecule has 5 nitrogen and oxygen atoms in total. The number of anilines is 2. The lowest BCUT2D eigenvalue weighted by molar-refractivity contribution is -0.105. The van der Waals surface area contributed by atoms with Crippen molar-refractivity contribution in [1.82, 2.24) is 9.97 Å². The third kappa shape index (κ3) is 1.56. The van der Waals surface area contributed by atoms with Crippen LogP contribution in [0.1, 0.15) is 0 Å². The summed E-state index contributed by atoms with van der Waals surface area (Å²) in [4.78, 5) is 17.2. The van der Waals surface area contributed by atoms with Gasteiger partial charge in [0.1, 0.15) is 12.0 Å². The highest BCUT2D eigenvalue weighted by Crippen LogP contribution is 2.22. The molecule has 1 rings (SSSR count). The van der Waals surface area contributed by atoms with E-state index in [4.69, 9.17) is 17.3 Å². The summed E-state index contributed by atoms with van der Waals surface area (Å²) in [6.45, 7) is 0. The number of carbonyl (C=O) groups excluding carboxylic acids is 1.